The predicted molar refractivity (Wildman–Crippen MR) is 143 cm³/mol. The lowest BCUT2D eigenvalue weighted by molar-refractivity contribution is 0.0599. The summed E-state index contributed by atoms with van der Waals surface area (Å²) in [6, 6.07) is 22.6. The summed E-state index contributed by atoms with van der Waals surface area (Å²) in [5.41, 5.74) is 4.56. The Morgan fingerprint density at radius 1 is 0.973 bits per heavy atom. The quantitative estimate of drug-likeness (QED) is 0.309. The molecule has 0 aliphatic heterocycles. The number of ether oxygens (including phenoxy) is 2. The Balaban J connectivity index is 1.37. The third-order valence-electron chi connectivity index (χ3n) is 5.96. The van der Waals surface area contributed by atoms with E-state index in [1.54, 1.807) is 35.3 Å². The van der Waals surface area contributed by atoms with Gasteiger partial charge < -0.3 is 14.8 Å². The van der Waals surface area contributed by atoms with E-state index in [0.29, 0.717) is 30.0 Å². The number of benzene rings is 3. The number of aromatic nitrogens is 2. The lowest BCUT2D eigenvalue weighted by Gasteiger charge is -2.19. The van der Waals surface area contributed by atoms with E-state index in [0.717, 1.165) is 16.9 Å². The Morgan fingerprint density at radius 3 is 2.46 bits per heavy atom. The maximum absolute atomic E-state index is 12.9. The van der Waals surface area contributed by atoms with Crippen molar-refractivity contribution in [1.82, 2.24) is 9.78 Å². The fraction of sp³-hybridized carbons (Fsp3) is 0.233. The number of carbonyl (C=O) groups is 2. The van der Waals surface area contributed by atoms with Crippen molar-refractivity contribution in [3.05, 3.63) is 113 Å². The van der Waals surface area contributed by atoms with E-state index in [1.807, 2.05) is 42.5 Å². The van der Waals surface area contributed by atoms with Crippen molar-refractivity contribution in [1.29, 1.82) is 0 Å². The Kier molecular flexibility index (Phi) is 7.72. The molecule has 1 heterocycles. The highest BCUT2D eigenvalue weighted by atomic mass is 16.5. The van der Waals surface area contributed by atoms with Crippen molar-refractivity contribution in [2.24, 2.45) is 0 Å². The molecule has 7 heteroatoms. The smallest absolute Gasteiger partial charge is 0.338 e. The lowest BCUT2D eigenvalue weighted by Crippen LogP contribution is -2.12. The molecule has 0 aliphatic rings. The van der Waals surface area contributed by atoms with Crippen molar-refractivity contribution >= 4 is 17.6 Å². The van der Waals surface area contributed by atoms with E-state index in [1.165, 1.54) is 12.7 Å². The normalized spacial score (nSPS) is 11.1. The maximum atomic E-state index is 12.9. The molecule has 0 saturated carbocycles. The highest BCUT2D eigenvalue weighted by Gasteiger charge is 2.14. The molecule has 0 saturated heterocycles. The van der Waals surface area contributed by atoms with Gasteiger partial charge in [-0.25, -0.2) is 4.79 Å². The molecule has 7 nitrogen and oxygen atoms in total. The minimum Gasteiger partial charge on any atom is -0.489 e. The predicted octanol–water partition coefficient (Wildman–Crippen LogP) is 5.85. The van der Waals surface area contributed by atoms with Crippen LogP contribution in [0.3, 0.4) is 0 Å². The van der Waals surface area contributed by atoms with Gasteiger partial charge in [0, 0.05) is 11.8 Å². The second-order valence-electron chi connectivity index (χ2n) is 9.79. The van der Waals surface area contributed by atoms with Crippen LogP contribution in [0.25, 0.3) is 0 Å². The Labute approximate surface area is 217 Å². The van der Waals surface area contributed by atoms with Gasteiger partial charge in [-0.2, -0.15) is 5.10 Å². The first-order valence-electron chi connectivity index (χ1n) is 12.1. The summed E-state index contributed by atoms with van der Waals surface area (Å²) in [7, 11) is 1.35. The zero-order valence-electron chi connectivity index (χ0n) is 21.5. The average molecular weight is 498 g/mol. The summed E-state index contributed by atoms with van der Waals surface area (Å²) >= 11 is 0. The van der Waals surface area contributed by atoms with Gasteiger partial charge in [-0.1, -0.05) is 63.2 Å². The minimum absolute atomic E-state index is 0.0876. The number of amides is 1. The molecule has 1 amide bonds. The molecule has 4 rings (SSSR count). The monoisotopic (exact) mass is 497 g/mol. The fourth-order valence-corrected chi connectivity index (χ4v) is 3.88. The first-order valence-corrected chi connectivity index (χ1v) is 12.1. The molecule has 0 radical (unpaired) electrons. The lowest BCUT2D eigenvalue weighted by atomic mass is 9.87. The Morgan fingerprint density at radius 2 is 1.73 bits per heavy atom. The first-order chi connectivity index (χ1) is 17.7. The molecule has 0 bridgehead atoms. The first kappa shape index (κ1) is 25.7. The molecule has 0 fully saturated rings. The van der Waals surface area contributed by atoms with Crippen LogP contribution in [0.4, 0.5) is 5.69 Å². The van der Waals surface area contributed by atoms with Crippen LogP contribution in [-0.4, -0.2) is 28.8 Å². The number of anilines is 1. The fourth-order valence-electron chi connectivity index (χ4n) is 3.88. The topological polar surface area (TPSA) is 82.5 Å². The molecule has 0 atom stereocenters. The summed E-state index contributed by atoms with van der Waals surface area (Å²) in [5.74, 6) is 0.136. The summed E-state index contributed by atoms with van der Waals surface area (Å²) in [5, 5.41) is 7.20. The number of hydrogen-bond donors (Lipinski definition) is 1. The zero-order valence-corrected chi connectivity index (χ0v) is 21.5. The third kappa shape index (κ3) is 6.64. The molecular weight excluding hydrogens is 466 g/mol. The second kappa shape index (κ2) is 11.1. The van der Waals surface area contributed by atoms with E-state index in [-0.39, 0.29) is 11.3 Å². The van der Waals surface area contributed by atoms with Crippen LogP contribution in [0.2, 0.25) is 0 Å². The van der Waals surface area contributed by atoms with Gasteiger partial charge in [-0.3, -0.25) is 9.48 Å². The largest absolute Gasteiger partial charge is 0.489 e. The third-order valence-corrected chi connectivity index (χ3v) is 5.96. The van der Waals surface area contributed by atoms with Gasteiger partial charge >= 0.3 is 5.97 Å². The van der Waals surface area contributed by atoms with Crippen LogP contribution < -0.4 is 10.1 Å². The summed E-state index contributed by atoms with van der Waals surface area (Å²) in [6.45, 7) is 7.25. The standard InChI is InChI=1S/C30H31N3O4/c1-30(2,3)24-12-14-26(15-13-24)37-20-21-8-7-10-22(16-21)28(34)32-25-17-31-33(19-25)18-23-9-5-6-11-27(23)29(35)36-4/h5-17,19H,18,20H2,1-4H3,(H,32,34). The molecule has 0 aliphatic carbocycles. The van der Waals surface area contributed by atoms with E-state index in [9.17, 15) is 9.59 Å². The van der Waals surface area contributed by atoms with Crippen LogP contribution in [0, 0.1) is 0 Å². The van der Waals surface area contributed by atoms with Crippen LogP contribution in [0.15, 0.2) is 85.2 Å². The number of hydrogen-bond acceptors (Lipinski definition) is 5. The van der Waals surface area contributed by atoms with Crippen LogP contribution in [-0.2, 0) is 23.3 Å². The van der Waals surface area contributed by atoms with Gasteiger partial charge in [0.15, 0.2) is 0 Å². The maximum Gasteiger partial charge on any atom is 0.338 e. The van der Waals surface area contributed by atoms with Crippen molar-refractivity contribution in [3.8, 4) is 5.75 Å². The van der Waals surface area contributed by atoms with Crippen molar-refractivity contribution in [3.63, 3.8) is 0 Å². The Hall–Kier alpha value is -4.39. The second-order valence-corrected chi connectivity index (χ2v) is 9.79. The molecule has 1 N–H and O–H groups in total. The van der Waals surface area contributed by atoms with Crippen molar-refractivity contribution in [2.75, 3.05) is 12.4 Å². The van der Waals surface area contributed by atoms with E-state index in [4.69, 9.17) is 9.47 Å². The van der Waals surface area contributed by atoms with Crippen LogP contribution in [0.5, 0.6) is 5.75 Å². The minimum atomic E-state index is -0.401. The van der Waals surface area contributed by atoms with Crippen LogP contribution >= 0.6 is 0 Å². The van der Waals surface area contributed by atoms with E-state index in [2.05, 4.69) is 43.3 Å². The van der Waals surface area contributed by atoms with E-state index >= 15 is 0 Å². The SMILES string of the molecule is COC(=O)c1ccccc1Cn1cc(NC(=O)c2cccc(COc3ccc(C(C)(C)C)cc3)c2)cn1. The van der Waals surface area contributed by atoms with Gasteiger partial charge in [-0.05, 0) is 52.4 Å². The molecule has 4 aromatic rings. The summed E-state index contributed by atoms with van der Waals surface area (Å²) < 4.78 is 12.4. The Bertz CT molecular complexity index is 1380. The van der Waals surface area contributed by atoms with Gasteiger partial charge in [0.1, 0.15) is 12.4 Å². The molecule has 0 spiro atoms. The van der Waals surface area contributed by atoms with Gasteiger partial charge in [0.25, 0.3) is 5.91 Å². The van der Waals surface area contributed by atoms with Crippen molar-refractivity contribution in [2.45, 2.75) is 39.3 Å². The number of methoxy groups -OCH3 is 1. The molecule has 1 aromatic heterocycles. The highest BCUT2D eigenvalue weighted by Crippen LogP contribution is 2.24. The summed E-state index contributed by atoms with van der Waals surface area (Å²) in [4.78, 5) is 24.9. The number of esters is 1. The summed E-state index contributed by atoms with van der Waals surface area (Å²) in [6.07, 6.45) is 3.30. The number of carbonyl (C=O) groups excluding carboxylic acids is 2. The zero-order chi connectivity index (χ0) is 26.4. The van der Waals surface area contributed by atoms with Gasteiger partial charge in [0.05, 0.1) is 31.1 Å². The number of rotatable bonds is 8. The van der Waals surface area contributed by atoms with Crippen molar-refractivity contribution < 1.29 is 19.1 Å². The average Bonchev–Trinajstić information content (AvgIpc) is 3.33. The molecule has 3 aromatic carbocycles. The van der Waals surface area contributed by atoms with Gasteiger partial charge in [-0.15, -0.1) is 0 Å². The molecule has 37 heavy (non-hydrogen) atoms. The van der Waals surface area contributed by atoms with Gasteiger partial charge in [0.2, 0.25) is 0 Å². The number of nitrogens with zero attached hydrogens (tertiary/aromatic N) is 2. The van der Waals surface area contributed by atoms with E-state index < -0.39 is 5.97 Å². The highest BCUT2D eigenvalue weighted by molar-refractivity contribution is 6.04. The molecule has 190 valence electrons. The number of nitrogens with one attached hydrogen (secondary N) is 1. The molecular formula is C30H31N3O4. The van der Waals surface area contributed by atoms with Crippen LogP contribution in [0.1, 0.15) is 58.2 Å². The molecule has 0 unspecified atom stereocenters.